The van der Waals surface area contributed by atoms with Gasteiger partial charge in [-0.15, -0.1) is 0 Å². The highest BCUT2D eigenvalue weighted by molar-refractivity contribution is 5.72. The van der Waals surface area contributed by atoms with Crippen LogP contribution in [-0.4, -0.2) is 11.5 Å². The molecular weight excluding hydrogens is 252 g/mol. The van der Waals surface area contributed by atoms with Crippen LogP contribution in [0.25, 0.3) is 11.1 Å². The molecule has 0 radical (unpaired) electrons. The fourth-order valence-electron chi connectivity index (χ4n) is 2.26. The summed E-state index contributed by atoms with van der Waals surface area (Å²) in [6.45, 7) is 3.08. The Morgan fingerprint density at radius 1 is 1.20 bits per heavy atom. The maximum absolute atomic E-state index is 5.78. The van der Waals surface area contributed by atoms with Crippen LogP contribution < -0.4 is 5.32 Å². The molecule has 3 aromatic rings. The van der Waals surface area contributed by atoms with Crippen molar-refractivity contribution in [2.24, 2.45) is 0 Å². The highest BCUT2D eigenvalue weighted by atomic mass is 16.3. The van der Waals surface area contributed by atoms with Gasteiger partial charge in [0.05, 0.1) is 12.3 Å². The average Bonchev–Trinajstić information content (AvgIpc) is 3.11. The van der Waals surface area contributed by atoms with Crippen molar-refractivity contribution >= 4 is 11.1 Å². The van der Waals surface area contributed by atoms with E-state index >= 15 is 0 Å². The van der Waals surface area contributed by atoms with E-state index in [0.29, 0.717) is 6.42 Å². The van der Waals surface area contributed by atoms with Crippen LogP contribution in [0, 0.1) is 0 Å². The van der Waals surface area contributed by atoms with Crippen molar-refractivity contribution < 1.29 is 8.83 Å². The zero-order valence-corrected chi connectivity index (χ0v) is 11.5. The molecule has 2 aromatic heterocycles. The number of aromatic nitrogens is 1. The summed E-state index contributed by atoms with van der Waals surface area (Å²) in [5, 5.41) is 3.47. The van der Waals surface area contributed by atoms with E-state index < -0.39 is 0 Å². The molecule has 104 valence electrons. The Bertz CT molecular complexity index is 625. The molecular formula is C16H18N2O2. The van der Waals surface area contributed by atoms with Gasteiger partial charge >= 0.3 is 0 Å². The van der Waals surface area contributed by atoms with Gasteiger partial charge in [-0.3, -0.25) is 0 Å². The van der Waals surface area contributed by atoms with Crippen molar-refractivity contribution in [1.82, 2.24) is 10.3 Å². The first-order chi connectivity index (χ1) is 9.86. The van der Waals surface area contributed by atoms with Gasteiger partial charge < -0.3 is 14.2 Å². The number of nitrogens with zero attached hydrogens (tertiary/aromatic N) is 1. The van der Waals surface area contributed by atoms with Gasteiger partial charge in [-0.25, -0.2) is 4.98 Å². The lowest BCUT2D eigenvalue weighted by Crippen LogP contribution is -2.23. The normalized spacial score (nSPS) is 12.8. The molecule has 1 N–H and O–H groups in total. The van der Waals surface area contributed by atoms with E-state index in [9.17, 15) is 0 Å². The highest BCUT2D eigenvalue weighted by Gasteiger charge is 2.17. The molecule has 0 aliphatic rings. The maximum Gasteiger partial charge on any atom is 0.197 e. The molecule has 0 spiro atoms. The van der Waals surface area contributed by atoms with E-state index in [1.807, 2.05) is 36.4 Å². The Kier molecular flexibility index (Phi) is 3.83. The van der Waals surface area contributed by atoms with Crippen molar-refractivity contribution in [1.29, 1.82) is 0 Å². The third-order valence-corrected chi connectivity index (χ3v) is 3.24. The summed E-state index contributed by atoms with van der Waals surface area (Å²) in [4.78, 5) is 4.52. The van der Waals surface area contributed by atoms with Gasteiger partial charge in [-0.05, 0) is 37.2 Å². The lowest BCUT2D eigenvalue weighted by Gasteiger charge is -2.14. The molecule has 0 saturated carbocycles. The van der Waals surface area contributed by atoms with Crippen LogP contribution >= 0.6 is 0 Å². The van der Waals surface area contributed by atoms with Gasteiger partial charge in [-0.2, -0.15) is 0 Å². The van der Waals surface area contributed by atoms with E-state index in [2.05, 4.69) is 17.2 Å². The molecule has 0 aliphatic carbocycles. The van der Waals surface area contributed by atoms with Gasteiger partial charge in [-0.1, -0.05) is 19.1 Å². The SMILES string of the molecule is CCCNC(Cc1nc2ccccc2o1)c1ccco1. The standard InChI is InChI=1S/C16H18N2O2/c1-2-9-17-13(14-8-5-10-19-14)11-16-18-12-6-3-4-7-15(12)20-16/h3-8,10,13,17H,2,9,11H2,1H3. The zero-order chi connectivity index (χ0) is 13.8. The summed E-state index contributed by atoms with van der Waals surface area (Å²) < 4.78 is 11.3. The summed E-state index contributed by atoms with van der Waals surface area (Å²) in [5.74, 6) is 1.65. The summed E-state index contributed by atoms with van der Waals surface area (Å²) in [7, 11) is 0. The van der Waals surface area contributed by atoms with Gasteiger partial charge in [0.1, 0.15) is 11.3 Å². The number of hydrogen-bond acceptors (Lipinski definition) is 4. The van der Waals surface area contributed by atoms with Crippen LogP contribution in [0.3, 0.4) is 0 Å². The first kappa shape index (κ1) is 12.9. The topological polar surface area (TPSA) is 51.2 Å². The molecule has 0 bridgehead atoms. The second-order valence-corrected chi connectivity index (χ2v) is 4.80. The molecule has 0 aliphatic heterocycles. The lowest BCUT2D eigenvalue weighted by atomic mass is 10.1. The van der Waals surface area contributed by atoms with Gasteiger partial charge in [0.25, 0.3) is 0 Å². The summed E-state index contributed by atoms with van der Waals surface area (Å²) in [5.41, 5.74) is 1.73. The number of fused-ring (bicyclic) bond motifs is 1. The predicted octanol–water partition coefficient (Wildman–Crippen LogP) is 3.70. The molecule has 3 rings (SSSR count). The van der Waals surface area contributed by atoms with Gasteiger partial charge in [0.15, 0.2) is 11.5 Å². The van der Waals surface area contributed by atoms with Crippen LogP contribution in [-0.2, 0) is 6.42 Å². The van der Waals surface area contributed by atoms with E-state index in [-0.39, 0.29) is 6.04 Å². The summed E-state index contributed by atoms with van der Waals surface area (Å²) >= 11 is 0. The highest BCUT2D eigenvalue weighted by Crippen LogP contribution is 2.22. The zero-order valence-electron chi connectivity index (χ0n) is 11.5. The minimum Gasteiger partial charge on any atom is -0.468 e. The second-order valence-electron chi connectivity index (χ2n) is 4.80. The van der Waals surface area contributed by atoms with Crippen LogP contribution in [0.4, 0.5) is 0 Å². The molecule has 4 heteroatoms. The maximum atomic E-state index is 5.78. The molecule has 1 aromatic carbocycles. The van der Waals surface area contributed by atoms with E-state index in [4.69, 9.17) is 8.83 Å². The number of oxazole rings is 1. The van der Waals surface area contributed by atoms with Crippen LogP contribution in [0.2, 0.25) is 0 Å². The average molecular weight is 270 g/mol. The van der Waals surface area contributed by atoms with Crippen molar-refractivity contribution in [3.63, 3.8) is 0 Å². The van der Waals surface area contributed by atoms with E-state index in [0.717, 1.165) is 35.7 Å². The Balaban J connectivity index is 1.81. The van der Waals surface area contributed by atoms with Crippen molar-refractivity contribution in [2.75, 3.05) is 6.54 Å². The minimum atomic E-state index is 0.0954. The second kappa shape index (κ2) is 5.92. The monoisotopic (exact) mass is 270 g/mol. The Labute approximate surface area is 117 Å². The lowest BCUT2D eigenvalue weighted by molar-refractivity contribution is 0.384. The van der Waals surface area contributed by atoms with Gasteiger partial charge in [0, 0.05) is 6.42 Å². The number of furan rings is 1. The van der Waals surface area contributed by atoms with Crippen molar-refractivity contribution in [3.05, 3.63) is 54.3 Å². The summed E-state index contributed by atoms with van der Waals surface area (Å²) in [6, 6.07) is 11.8. The molecule has 0 amide bonds. The number of para-hydroxylation sites is 2. The first-order valence-electron chi connectivity index (χ1n) is 6.98. The minimum absolute atomic E-state index is 0.0954. The molecule has 2 heterocycles. The van der Waals surface area contributed by atoms with Crippen molar-refractivity contribution in [3.8, 4) is 0 Å². The fourth-order valence-corrected chi connectivity index (χ4v) is 2.26. The van der Waals surface area contributed by atoms with Crippen LogP contribution in [0.15, 0.2) is 51.5 Å². The number of rotatable bonds is 6. The number of hydrogen-bond donors (Lipinski definition) is 1. The predicted molar refractivity (Wildman–Crippen MR) is 77.5 cm³/mol. The third kappa shape index (κ3) is 2.75. The summed E-state index contributed by atoms with van der Waals surface area (Å²) in [6.07, 6.45) is 3.45. The van der Waals surface area contributed by atoms with E-state index in [1.54, 1.807) is 6.26 Å². The molecule has 1 unspecified atom stereocenters. The van der Waals surface area contributed by atoms with Crippen LogP contribution in [0.1, 0.15) is 31.0 Å². The molecule has 0 saturated heterocycles. The van der Waals surface area contributed by atoms with E-state index in [1.165, 1.54) is 0 Å². The van der Waals surface area contributed by atoms with Gasteiger partial charge in [0.2, 0.25) is 0 Å². The number of benzene rings is 1. The van der Waals surface area contributed by atoms with Crippen molar-refractivity contribution in [2.45, 2.75) is 25.8 Å². The number of nitrogens with one attached hydrogen (secondary N) is 1. The molecule has 20 heavy (non-hydrogen) atoms. The quantitative estimate of drug-likeness (QED) is 0.742. The molecule has 0 fully saturated rings. The first-order valence-corrected chi connectivity index (χ1v) is 6.98. The third-order valence-electron chi connectivity index (χ3n) is 3.24. The molecule has 4 nitrogen and oxygen atoms in total. The fraction of sp³-hybridized carbons (Fsp3) is 0.312. The molecule has 1 atom stereocenters. The smallest absolute Gasteiger partial charge is 0.197 e. The van der Waals surface area contributed by atoms with Crippen LogP contribution in [0.5, 0.6) is 0 Å². The Morgan fingerprint density at radius 3 is 2.85 bits per heavy atom. The Hall–Kier alpha value is -2.07. The Morgan fingerprint density at radius 2 is 2.10 bits per heavy atom. The largest absolute Gasteiger partial charge is 0.468 e.